The molecule has 4 rings (SSSR count). The summed E-state index contributed by atoms with van der Waals surface area (Å²) in [7, 11) is 0. The largest absolute Gasteiger partial charge is 0.384 e. The number of hydrogen-bond donors (Lipinski definition) is 1. The number of nitrogens with one attached hydrogen (secondary N) is 1. The quantitative estimate of drug-likeness (QED) is 0.796. The molecular formula is C19H14N4O2. The molecule has 0 bridgehead atoms. The van der Waals surface area contributed by atoms with E-state index in [4.69, 9.17) is 4.84 Å². The molecule has 0 fully saturated rings. The van der Waals surface area contributed by atoms with Crippen molar-refractivity contribution in [1.29, 1.82) is 5.26 Å². The first kappa shape index (κ1) is 15.1. The molecule has 1 aromatic heterocycles. The van der Waals surface area contributed by atoms with E-state index in [0.717, 1.165) is 16.6 Å². The minimum atomic E-state index is -1.01. The third-order valence-electron chi connectivity index (χ3n) is 4.19. The monoisotopic (exact) mass is 330 g/mol. The highest BCUT2D eigenvalue weighted by Gasteiger charge is 2.36. The number of Topliss-reactive ketones (excluding diaryl/α,β-unsaturated/α-hetero) is 1. The Morgan fingerprint density at radius 3 is 2.72 bits per heavy atom. The second kappa shape index (κ2) is 6.21. The number of nitrogens with zero attached hydrogens (tertiary/aromatic N) is 3. The zero-order chi connectivity index (χ0) is 17.2. The van der Waals surface area contributed by atoms with Gasteiger partial charge in [0.1, 0.15) is 5.82 Å². The van der Waals surface area contributed by atoms with Crippen molar-refractivity contribution in [2.75, 3.05) is 0 Å². The van der Waals surface area contributed by atoms with Gasteiger partial charge in [0.15, 0.2) is 12.0 Å². The SMILES string of the molecule is N#CC(C(=O)C1CC(c2ccccc2)=NO1)c1nc2ccccc2[nH]1. The van der Waals surface area contributed by atoms with Crippen LogP contribution in [0, 0.1) is 11.3 Å². The van der Waals surface area contributed by atoms with Crippen molar-refractivity contribution in [3.05, 3.63) is 66.0 Å². The molecule has 0 spiro atoms. The van der Waals surface area contributed by atoms with Gasteiger partial charge in [0.25, 0.3) is 0 Å². The van der Waals surface area contributed by atoms with Crippen LogP contribution in [0.3, 0.4) is 0 Å². The average Bonchev–Trinajstić information content (AvgIpc) is 3.30. The summed E-state index contributed by atoms with van der Waals surface area (Å²) in [6.45, 7) is 0. The maximum absolute atomic E-state index is 12.7. The van der Waals surface area contributed by atoms with Gasteiger partial charge in [-0.1, -0.05) is 47.6 Å². The Kier molecular flexibility index (Phi) is 3.75. The van der Waals surface area contributed by atoms with E-state index in [1.807, 2.05) is 60.7 Å². The fraction of sp³-hybridized carbons (Fsp3) is 0.158. The number of nitriles is 1. The number of rotatable bonds is 4. The Morgan fingerprint density at radius 1 is 1.20 bits per heavy atom. The molecule has 2 heterocycles. The number of benzene rings is 2. The fourth-order valence-electron chi connectivity index (χ4n) is 2.89. The Balaban J connectivity index is 1.55. The number of carbonyl (C=O) groups is 1. The Bertz CT molecular complexity index is 968. The van der Waals surface area contributed by atoms with Crippen LogP contribution < -0.4 is 0 Å². The first-order chi connectivity index (χ1) is 12.3. The lowest BCUT2D eigenvalue weighted by Gasteiger charge is -2.10. The topological polar surface area (TPSA) is 91.1 Å². The summed E-state index contributed by atoms with van der Waals surface area (Å²) in [5.74, 6) is -1.01. The molecule has 1 aliphatic heterocycles. The second-order valence-electron chi connectivity index (χ2n) is 5.81. The van der Waals surface area contributed by atoms with Crippen LogP contribution >= 0.6 is 0 Å². The third kappa shape index (κ3) is 2.76. The van der Waals surface area contributed by atoms with Crippen LogP contribution in [-0.2, 0) is 9.63 Å². The molecule has 6 heteroatoms. The number of aromatic amines is 1. The van der Waals surface area contributed by atoms with Gasteiger partial charge in [0, 0.05) is 6.42 Å². The number of para-hydroxylation sites is 2. The van der Waals surface area contributed by atoms with Gasteiger partial charge in [-0.3, -0.25) is 4.79 Å². The van der Waals surface area contributed by atoms with Crippen LogP contribution in [0.5, 0.6) is 0 Å². The van der Waals surface area contributed by atoms with E-state index in [2.05, 4.69) is 15.1 Å². The van der Waals surface area contributed by atoms with Crippen molar-refractivity contribution in [2.24, 2.45) is 5.16 Å². The van der Waals surface area contributed by atoms with E-state index in [9.17, 15) is 10.1 Å². The van der Waals surface area contributed by atoms with Crippen molar-refractivity contribution in [2.45, 2.75) is 18.4 Å². The molecule has 2 atom stereocenters. The highest BCUT2D eigenvalue weighted by atomic mass is 16.6. The summed E-state index contributed by atoms with van der Waals surface area (Å²) in [6, 6.07) is 19.0. The van der Waals surface area contributed by atoms with Crippen LogP contribution in [-0.4, -0.2) is 27.6 Å². The highest BCUT2D eigenvalue weighted by Crippen LogP contribution is 2.24. The van der Waals surface area contributed by atoms with Crippen LogP contribution in [0.25, 0.3) is 11.0 Å². The third-order valence-corrected chi connectivity index (χ3v) is 4.19. The van der Waals surface area contributed by atoms with E-state index in [0.29, 0.717) is 18.0 Å². The normalized spacial score (nSPS) is 17.6. The predicted octanol–water partition coefficient (Wildman–Crippen LogP) is 2.93. The van der Waals surface area contributed by atoms with Crippen LogP contribution in [0.2, 0.25) is 0 Å². The zero-order valence-corrected chi connectivity index (χ0v) is 13.2. The standard InChI is InChI=1S/C19H14N4O2/c20-11-13(19-21-14-8-4-5-9-15(14)22-19)18(24)17-10-16(23-25-17)12-6-2-1-3-7-12/h1-9,13,17H,10H2,(H,21,22). The van der Waals surface area contributed by atoms with Crippen molar-refractivity contribution < 1.29 is 9.63 Å². The van der Waals surface area contributed by atoms with Gasteiger partial charge < -0.3 is 9.82 Å². The van der Waals surface area contributed by atoms with Crippen LogP contribution in [0.1, 0.15) is 23.7 Å². The minimum Gasteiger partial charge on any atom is -0.384 e. The maximum Gasteiger partial charge on any atom is 0.201 e. The highest BCUT2D eigenvalue weighted by molar-refractivity contribution is 6.05. The smallest absolute Gasteiger partial charge is 0.201 e. The van der Waals surface area contributed by atoms with E-state index in [1.54, 1.807) is 0 Å². The molecule has 0 amide bonds. The first-order valence-electron chi connectivity index (χ1n) is 7.92. The van der Waals surface area contributed by atoms with E-state index in [-0.39, 0.29) is 5.78 Å². The molecule has 6 nitrogen and oxygen atoms in total. The number of fused-ring (bicyclic) bond motifs is 1. The molecule has 0 saturated heterocycles. The lowest BCUT2D eigenvalue weighted by atomic mass is 9.95. The fourth-order valence-corrected chi connectivity index (χ4v) is 2.89. The number of oxime groups is 1. The lowest BCUT2D eigenvalue weighted by molar-refractivity contribution is -0.129. The summed E-state index contributed by atoms with van der Waals surface area (Å²) in [5, 5.41) is 13.5. The molecule has 122 valence electrons. The lowest BCUT2D eigenvalue weighted by Crippen LogP contribution is -2.27. The number of carbonyl (C=O) groups excluding carboxylic acids is 1. The molecule has 0 radical (unpaired) electrons. The molecule has 0 saturated carbocycles. The van der Waals surface area contributed by atoms with Crippen molar-refractivity contribution in [1.82, 2.24) is 9.97 Å². The molecule has 1 N–H and O–H groups in total. The number of H-pyrrole nitrogens is 1. The molecule has 0 aliphatic carbocycles. The zero-order valence-electron chi connectivity index (χ0n) is 13.2. The second-order valence-corrected chi connectivity index (χ2v) is 5.81. The molecular weight excluding hydrogens is 316 g/mol. The average molecular weight is 330 g/mol. The van der Waals surface area contributed by atoms with E-state index in [1.165, 1.54) is 0 Å². The summed E-state index contributed by atoms with van der Waals surface area (Å²) in [5.41, 5.74) is 3.13. The minimum absolute atomic E-state index is 0.337. The molecule has 3 aromatic rings. The number of aromatic nitrogens is 2. The molecule has 2 unspecified atom stereocenters. The Hall–Kier alpha value is -3.46. The van der Waals surface area contributed by atoms with E-state index < -0.39 is 12.0 Å². The predicted molar refractivity (Wildman–Crippen MR) is 91.9 cm³/mol. The van der Waals surface area contributed by atoms with Gasteiger partial charge in [-0.05, 0) is 17.7 Å². The molecule has 1 aliphatic rings. The van der Waals surface area contributed by atoms with Crippen molar-refractivity contribution >= 4 is 22.5 Å². The van der Waals surface area contributed by atoms with Gasteiger partial charge in [0.2, 0.25) is 5.78 Å². The van der Waals surface area contributed by atoms with Gasteiger partial charge in [-0.15, -0.1) is 0 Å². The summed E-state index contributed by atoms with van der Waals surface area (Å²) < 4.78 is 0. The van der Waals surface area contributed by atoms with Gasteiger partial charge >= 0.3 is 0 Å². The molecule has 25 heavy (non-hydrogen) atoms. The van der Waals surface area contributed by atoms with E-state index >= 15 is 0 Å². The summed E-state index contributed by atoms with van der Waals surface area (Å²) in [6.07, 6.45) is -0.422. The van der Waals surface area contributed by atoms with Crippen molar-refractivity contribution in [3.63, 3.8) is 0 Å². The molecule has 2 aromatic carbocycles. The van der Waals surface area contributed by atoms with Gasteiger partial charge in [-0.2, -0.15) is 5.26 Å². The van der Waals surface area contributed by atoms with Gasteiger partial charge in [-0.25, -0.2) is 4.98 Å². The summed E-state index contributed by atoms with van der Waals surface area (Å²) >= 11 is 0. The first-order valence-corrected chi connectivity index (χ1v) is 7.92. The van der Waals surface area contributed by atoms with Crippen LogP contribution in [0.4, 0.5) is 0 Å². The van der Waals surface area contributed by atoms with Crippen LogP contribution in [0.15, 0.2) is 59.8 Å². The van der Waals surface area contributed by atoms with Gasteiger partial charge in [0.05, 0.1) is 22.8 Å². The summed E-state index contributed by atoms with van der Waals surface area (Å²) in [4.78, 5) is 25.5. The number of hydrogen-bond acceptors (Lipinski definition) is 5. The van der Waals surface area contributed by atoms with Crippen molar-refractivity contribution in [3.8, 4) is 6.07 Å². The Morgan fingerprint density at radius 2 is 1.96 bits per heavy atom. The Labute approximate surface area is 143 Å². The number of imidazole rings is 1. The maximum atomic E-state index is 12.7. The number of ketones is 1.